The Bertz CT molecular complexity index is 1500. The zero-order valence-corrected chi connectivity index (χ0v) is 44.5. The number of carbonyl (C=O) groups is 8. The van der Waals surface area contributed by atoms with E-state index in [0.29, 0.717) is 38.8 Å². The molecular formula is C52H93N5O14S. The highest BCUT2D eigenvalue weighted by molar-refractivity contribution is 7.96. The zero-order valence-electron chi connectivity index (χ0n) is 43.6. The van der Waals surface area contributed by atoms with Crippen molar-refractivity contribution in [3.63, 3.8) is 0 Å². The Morgan fingerprint density at radius 3 is 1.42 bits per heavy atom. The van der Waals surface area contributed by atoms with E-state index in [-0.39, 0.29) is 131 Å². The molecular weight excluding hydrogens is 951 g/mol. The first-order valence-electron chi connectivity index (χ1n) is 27.1. The van der Waals surface area contributed by atoms with E-state index in [1.54, 1.807) is 0 Å². The van der Waals surface area contributed by atoms with E-state index in [1.807, 2.05) is 6.92 Å². The second-order valence-corrected chi connectivity index (χ2v) is 19.6. The van der Waals surface area contributed by atoms with E-state index in [1.165, 1.54) is 64.2 Å². The Morgan fingerprint density at radius 2 is 0.931 bits per heavy atom. The number of hydrogen-bond donors (Lipinski definition) is 8. The quantitative estimate of drug-likeness (QED) is 0.0255. The van der Waals surface area contributed by atoms with Gasteiger partial charge in [-0.15, -0.1) is 12.6 Å². The van der Waals surface area contributed by atoms with Gasteiger partial charge in [0.1, 0.15) is 19.3 Å². The molecule has 416 valence electrons. The predicted molar refractivity (Wildman–Crippen MR) is 277 cm³/mol. The molecule has 0 aromatic rings. The highest BCUT2D eigenvalue weighted by Crippen LogP contribution is 2.29. The molecule has 1 aliphatic carbocycles. The van der Waals surface area contributed by atoms with Crippen molar-refractivity contribution < 1.29 is 67.5 Å². The van der Waals surface area contributed by atoms with Gasteiger partial charge in [-0.05, 0) is 63.7 Å². The van der Waals surface area contributed by atoms with E-state index in [9.17, 15) is 43.5 Å². The van der Waals surface area contributed by atoms with Crippen molar-refractivity contribution >= 4 is 59.2 Å². The lowest BCUT2D eigenvalue weighted by Gasteiger charge is -2.28. The normalized spacial score (nSPS) is 15.2. The van der Waals surface area contributed by atoms with Crippen LogP contribution in [0.1, 0.15) is 180 Å². The number of aliphatic carboxylic acids is 2. The molecule has 20 heteroatoms. The second kappa shape index (κ2) is 45.7. The van der Waals surface area contributed by atoms with Crippen LogP contribution in [-0.2, 0) is 57.3 Å². The third-order valence-corrected chi connectivity index (χ3v) is 13.2. The Hall–Kier alpha value is -3.85. The first-order valence-corrected chi connectivity index (χ1v) is 27.6. The van der Waals surface area contributed by atoms with Gasteiger partial charge >= 0.3 is 11.9 Å². The molecule has 2 atom stereocenters. The molecule has 0 heterocycles. The monoisotopic (exact) mass is 1040 g/mol. The molecule has 19 nitrogen and oxygen atoms in total. The van der Waals surface area contributed by atoms with E-state index in [0.717, 1.165) is 70.6 Å². The van der Waals surface area contributed by atoms with Crippen LogP contribution in [0.5, 0.6) is 0 Å². The standard InChI is InChI=1S/C52H93N5O14S/c1-41(52(67)72)20-18-19-29-53-47(60)39-70-36-35-69-33-31-55-48(61)40-71-37-34-68-32-30-54-46(59)28-27-44(51(65)66)57-50(64)43-25-23-42(24-26-43)38-56-45(58)21-16-14-12-10-8-6-4-2-3-5-7-9-11-13-15-17-22-49(62)63/h41-44H,2-40H2,1H3,(H,53,60)(H,54,59)(H,55,61)(H,56,58)(H,57,64)(H,62,63)(H,65,66)(H,67,72)/t41-,42-,43-,44-/m0/s1. The maximum absolute atomic E-state index is 13.0. The summed E-state index contributed by atoms with van der Waals surface area (Å²) in [5, 5.41) is 32.0. The van der Waals surface area contributed by atoms with E-state index in [2.05, 4.69) is 39.2 Å². The summed E-state index contributed by atoms with van der Waals surface area (Å²) in [5.41, 5.74) is 0. The van der Waals surface area contributed by atoms with Crippen molar-refractivity contribution in [2.24, 2.45) is 17.8 Å². The number of thiol groups is 1. The highest BCUT2D eigenvalue weighted by atomic mass is 32.1. The van der Waals surface area contributed by atoms with Gasteiger partial charge in [0.15, 0.2) is 5.12 Å². The lowest BCUT2D eigenvalue weighted by Crippen LogP contribution is -2.45. The van der Waals surface area contributed by atoms with Crippen molar-refractivity contribution in [3.8, 4) is 0 Å². The molecule has 72 heavy (non-hydrogen) atoms. The number of amides is 5. The van der Waals surface area contributed by atoms with Gasteiger partial charge < -0.3 is 55.7 Å². The summed E-state index contributed by atoms with van der Waals surface area (Å²) in [7, 11) is 0. The number of hydrogen-bond acceptors (Lipinski definition) is 12. The molecule has 0 spiro atoms. The molecule has 5 amide bonds. The molecule has 0 unspecified atom stereocenters. The summed E-state index contributed by atoms with van der Waals surface area (Å²) in [6.45, 7) is 4.42. The first kappa shape index (κ1) is 66.2. The molecule has 0 aliphatic heterocycles. The molecule has 0 radical (unpaired) electrons. The van der Waals surface area contributed by atoms with Crippen molar-refractivity contribution in [2.75, 3.05) is 79.0 Å². The average molecular weight is 1040 g/mol. The van der Waals surface area contributed by atoms with Gasteiger partial charge in [-0.2, -0.15) is 0 Å². The molecule has 0 saturated heterocycles. The number of carbonyl (C=O) groups excluding carboxylic acids is 6. The largest absolute Gasteiger partial charge is 0.481 e. The van der Waals surface area contributed by atoms with Gasteiger partial charge in [-0.25, -0.2) is 4.79 Å². The lowest BCUT2D eigenvalue weighted by molar-refractivity contribution is -0.143. The van der Waals surface area contributed by atoms with Gasteiger partial charge in [0.25, 0.3) is 0 Å². The van der Waals surface area contributed by atoms with Crippen LogP contribution in [0.4, 0.5) is 0 Å². The first-order chi connectivity index (χ1) is 34.8. The summed E-state index contributed by atoms with van der Waals surface area (Å²) in [6, 6.07) is -1.19. The minimum atomic E-state index is -1.20. The fourth-order valence-electron chi connectivity index (χ4n) is 8.25. The zero-order chi connectivity index (χ0) is 52.9. The summed E-state index contributed by atoms with van der Waals surface area (Å²) in [4.78, 5) is 95.1. The van der Waals surface area contributed by atoms with Gasteiger partial charge in [-0.3, -0.25) is 33.6 Å². The topological polar surface area (TPSA) is 274 Å². The maximum Gasteiger partial charge on any atom is 0.326 e. The Balaban J connectivity index is 1.97. The van der Waals surface area contributed by atoms with Crippen molar-refractivity contribution in [2.45, 2.75) is 186 Å². The van der Waals surface area contributed by atoms with E-state index < -0.39 is 18.0 Å². The summed E-state index contributed by atoms with van der Waals surface area (Å²) in [6.07, 6.45) is 24.5. The van der Waals surface area contributed by atoms with Gasteiger partial charge in [0, 0.05) is 57.3 Å². The van der Waals surface area contributed by atoms with Crippen LogP contribution < -0.4 is 26.6 Å². The molecule has 1 aliphatic rings. The number of ether oxygens (including phenoxy) is 4. The third-order valence-electron chi connectivity index (χ3n) is 12.8. The minimum Gasteiger partial charge on any atom is -0.481 e. The average Bonchev–Trinajstić information content (AvgIpc) is 3.35. The van der Waals surface area contributed by atoms with Crippen LogP contribution in [0, 0.1) is 17.8 Å². The SMILES string of the molecule is C[C@@H](CCCCNC(=O)COCCOCCNC(=O)COCCOCCNC(=O)CC[C@H](NC(=O)[C@H]1CC[C@H](CNC(=O)CCCCCCCCCCCCCCCCCCC(=O)O)CC1)C(=O)O)C(=O)S. The molecule has 0 bridgehead atoms. The minimum absolute atomic E-state index is 0.0558. The molecule has 1 fully saturated rings. The number of unbranched alkanes of at least 4 members (excludes halogenated alkanes) is 16. The second-order valence-electron chi connectivity index (χ2n) is 19.1. The Labute approximate surface area is 435 Å². The molecule has 0 aromatic carbocycles. The molecule has 7 N–H and O–H groups in total. The van der Waals surface area contributed by atoms with Crippen LogP contribution in [-0.4, -0.2) is 142 Å². The summed E-state index contributed by atoms with van der Waals surface area (Å²) < 4.78 is 21.4. The van der Waals surface area contributed by atoms with Gasteiger partial charge in [-0.1, -0.05) is 103 Å². The number of nitrogens with one attached hydrogen (secondary N) is 5. The highest BCUT2D eigenvalue weighted by Gasteiger charge is 2.30. The van der Waals surface area contributed by atoms with E-state index in [4.69, 9.17) is 24.1 Å². The van der Waals surface area contributed by atoms with Crippen LogP contribution in [0.15, 0.2) is 0 Å². The van der Waals surface area contributed by atoms with Crippen LogP contribution in [0.3, 0.4) is 0 Å². The molecule has 0 aromatic heterocycles. The van der Waals surface area contributed by atoms with Gasteiger partial charge in [0.05, 0.1) is 39.6 Å². The van der Waals surface area contributed by atoms with Crippen LogP contribution >= 0.6 is 12.6 Å². The predicted octanol–water partition coefficient (Wildman–Crippen LogP) is 6.04. The number of carboxylic acids is 2. The summed E-state index contributed by atoms with van der Waals surface area (Å²) >= 11 is 3.81. The fraction of sp³-hybridized carbons (Fsp3) is 0.846. The van der Waals surface area contributed by atoms with Gasteiger partial charge in [0.2, 0.25) is 29.5 Å². The number of carboxylic acid groups (broad SMARTS) is 2. The van der Waals surface area contributed by atoms with Crippen molar-refractivity contribution in [1.82, 2.24) is 26.6 Å². The van der Waals surface area contributed by atoms with Crippen LogP contribution in [0.25, 0.3) is 0 Å². The number of rotatable bonds is 49. The smallest absolute Gasteiger partial charge is 0.326 e. The van der Waals surface area contributed by atoms with Crippen molar-refractivity contribution in [1.29, 1.82) is 0 Å². The Kier molecular flexibility index (Phi) is 42.0. The molecule has 1 saturated carbocycles. The Morgan fingerprint density at radius 1 is 0.486 bits per heavy atom. The maximum atomic E-state index is 13.0. The van der Waals surface area contributed by atoms with E-state index >= 15 is 0 Å². The third kappa shape index (κ3) is 40.6. The van der Waals surface area contributed by atoms with Crippen LogP contribution in [0.2, 0.25) is 0 Å². The van der Waals surface area contributed by atoms with Crippen molar-refractivity contribution in [3.05, 3.63) is 0 Å². The summed E-state index contributed by atoms with van der Waals surface area (Å²) in [5.74, 6) is -3.19. The lowest BCUT2D eigenvalue weighted by atomic mass is 9.81. The molecule has 1 rings (SSSR count). The fourth-order valence-corrected chi connectivity index (χ4v) is 8.38.